The number of nitrogens with one attached hydrogen (secondary N) is 3. The number of halogens is 1. The normalized spacial score (nSPS) is 27.8. The second-order valence-electron chi connectivity index (χ2n) is 10.9. The number of carbonyl (C=O) groups excluding carboxylic acids is 2. The molecule has 1 saturated heterocycles. The van der Waals surface area contributed by atoms with Gasteiger partial charge in [-0.05, 0) is 58.6 Å². The molecule has 2 heterocycles. The average Bonchev–Trinajstić information content (AvgIpc) is 3.48. The number of hydrogen-bond donors (Lipinski definition) is 3. The fourth-order valence-electron chi connectivity index (χ4n) is 5.36. The molecule has 186 valence electrons. The SMILES string of the molecule is COCC[C@H]([C@@H]1C[C@H]1C(=O)NC1CC(C)(C)Oc2cccc(Cl)c21)N1C(=N)NC(C)(C)CC1=O. The molecule has 9 heteroatoms. The third kappa shape index (κ3) is 5.03. The highest BCUT2D eigenvalue weighted by Gasteiger charge is 2.53. The minimum Gasteiger partial charge on any atom is -0.487 e. The molecule has 3 N–H and O–H groups in total. The molecule has 0 bridgehead atoms. The van der Waals surface area contributed by atoms with Crippen molar-refractivity contribution in [2.24, 2.45) is 11.8 Å². The van der Waals surface area contributed by atoms with Crippen LogP contribution in [0.3, 0.4) is 0 Å². The standard InChI is InChI=1S/C25H35ClN4O4/c1-24(2)13-20(31)30(23(27)29-24)18(9-10-33-5)14-11-15(14)22(32)28-17-12-25(3,4)34-19-8-6-7-16(26)21(17)19/h6-8,14-15,17-18H,9-13H2,1-5H3,(H2,27,29)(H,28,32)/t14-,15-,17?,18-/m1/s1. The van der Waals surface area contributed by atoms with E-state index in [0.717, 1.165) is 5.56 Å². The van der Waals surface area contributed by atoms with Gasteiger partial charge in [0.15, 0.2) is 5.96 Å². The van der Waals surface area contributed by atoms with E-state index in [-0.39, 0.29) is 41.7 Å². The van der Waals surface area contributed by atoms with Crippen LogP contribution >= 0.6 is 11.6 Å². The van der Waals surface area contributed by atoms with E-state index in [2.05, 4.69) is 10.6 Å². The summed E-state index contributed by atoms with van der Waals surface area (Å²) in [7, 11) is 1.62. The molecule has 0 spiro atoms. The molecule has 1 aromatic rings. The molecule has 0 radical (unpaired) electrons. The van der Waals surface area contributed by atoms with Gasteiger partial charge in [0, 0.05) is 54.6 Å². The molecule has 4 rings (SSSR count). The van der Waals surface area contributed by atoms with Crippen LogP contribution in [-0.2, 0) is 14.3 Å². The molecular formula is C25H35ClN4O4. The first-order valence-electron chi connectivity index (χ1n) is 11.9. The summed E-state index contributed by atoms with van der Waals surface area (Å²) >= 11 is 6.48. The Hall–Kier alpha value is -2.32. The van der Waals surface area contributed by atoms with E-state index in [1.807, 2.05) is 45.9 Å². The lowest BCUT2D eigenvalue weighted by atomic mass is 9.89. The maximum Gasteiger partial charge on any atom is 0.231 e. The number of carbonyl (C=O) groups is 2. The first kappa shape index (κ1) is 24.8. The summed E-state index contributed by atoms with van der Waals surface area (Å²) in [5.41, 5.74) is -0.0865. The fourth-order valence-corrected chi connectivity index (χ4v) is 5.66. The summed E-state index contributed by atoms with van der Waals surface area (Å²) in [5, 5.41) is 15.4. The van der Waals surface area contributed by atoms with Crippen LogP contribution in [0.2, 0.25) is 5.02 Å². The summed E-state index contributed by atoms with van der Waals surface area (Å²) in [6.45, 7) is 8.27. The second-order valence-corrected chi connectivity index (χ2v) is 11.3. The Morgan fingerprint density at radius 3 is 2.79 bits per heavy atom. The minimum absolute atomic E-state index is 0.0268. The lowest BCUT2D eigenvalue weighted by Gasteiger charge is -2.42. The summed E-state index contributed by atoms with van der Waals surface area (Å²) in [4.78, 5) is 27.8. The molecule has 8 nitrogen and oxygen atoms in total. The highest BCUT2D eigenvalue weighted by atomic mass is 35.5. The van der Waals surface area contributed by atoms with E-state index in [4.69, 9.17) is 26.5 Å². The summed E-state index contributed by atoms with van der Waals surface area (Å²) < 4.78 is 11.4. The fraction of sp³-hybridized carbons (Fsp3) is 0.640. The predicted molar refractivity (Wildman–Crippen MR) is 130 cm³/mol. The Balaban J connectivity index is 1.50. The van der Waals surface area contributed by atoms with Crippen molar-refractivity contribution >= 4 is 29.4 Å². The van der Waals surface area contributed by atoms with Gasteiger partial charge in [0.1, 0.15) is 11.4 Å². The van der Waals surface area contributed by atoms with Crippen molar-refractivity contribution in [1.29, 1.82) is 5.41 Å². The molecule has 1 saturated carbocycles. The molecule has 1 aliphatic carbocycles. The predicted octanol–water partition coefficient (Wildman–Crippen LogP) is 3.63. The van der Waals surface area contributed by atoms with Crippen LogP contribution in [-0.4, -0.2) is 53.6 Å². The van der Waals surface area contributed by atoms with E-state index in [9.17, 15) is 9.59 Å². The Morgan fingerprint density at radius 1 is 1.38 bits per heavy atom. The molecule has 34 heavy (non-hydrogen) atoms. The van der Waals surface area contributed by atoms with E-state index in [1.165, 1.54) is 4.90 Å². The molecule has 2 amide bonds. The third-order valence-corrected chi connectivity index (χ3v) is 7.27. The van der Waals surface area contributed by atoms with Gasteiger partial charge in [-0.15, -0.1) is 0 Å². The van der Waals surface area contributed by atoms with Crippen molar-refractivity contribution in [2.45, 2.75) is 76.6 Å². The minimum atomic E-state index is -0.459. The van der Waals surface area contributed by atoms with E-state index in [1.54, 1.807) is 7.11 Å². The second kappa shape index (κ2) is 9.04. The van der Waals surface area contributed by atoms with Gasteiger partial charge in [-0.2, -0.15) is 0 Å². The van der Waals surface area contributed by atoms with Crippen LogP contribution in [0, 0.1) is 17.2 Å². The number of hydrogen-bond acceptors (Lipinski definition) is 5. The monoisotopic (exact) mass is 490 g/mol. The van der Waals surface area contributed by atoms with Gasteiger partial charge in [0.05, 0.1) is 6.04 Å². The van der Waals surface area contributed by atoms with Crippen molar-refractivity contribution in [1.82, 2.24) is 15.5 Å². The molecule has 2 aliphatic heterocycles. The molecule has 2 fully saturated rings. The first-order chi connectivity index (χ1) is 15.9. The van der Waals surface area contributed by atoms with Gasteiger partial charge < -0.3 is 20.1 Å². The zero-order valence-electron chi connectivity index (χ0n) is 20.5. The van der Waals surface area contributed by atoms with Gasteiger partial charge in [0.2, 0.25) is 11.8 Å². The molecule has 4 atom stereocenters. The van der Waals surface area contributed by atoms with Crippen molar-refractivity contribution < 1.29 is 19.1 Å². The van der Waals surface area contributed by atoms with Crippen molar-refractivity contribution in [3.8, 4) is 5.75 Å². The van der Waals surface area contributed by atoms with Crippen molar-refractivity contribution in [2.75, 3.05) is 13.7 Å². The Morgan fingerprint density at radius 2 is 2.12 bits per heavy atom. The van der Waals surface area contributed by atoms with Crippen molar-refractivity contribution in [3.05, 3.63) is 28.8 Å². The quantitative estimate of drug-likeness (QED) is 0.541. The first-order valence-corrected chi connectivity index (χ1v) is 12.3. The summed E-state index contributed by atoms with van der Waals surface area (Å²) in [5.74, 6) is 0.397. The van der Waals surface area contributed by atoms with E-state index < -0.39 is 11.1 Å². The number of rotatable bonds is 7. The average molecular weight is 491 g/mol. The van der Waals surface area contributed by atoms with Crippen LogP contribution in [0.25, 0.3) is 0 Å². The number of benzene rings is 1. The van der Waals surface area contributed by atoms with Gasteiger partial charge in [0.25, 0.3) is 0 Å². The Bertz CT molecular complexity index is 975. The number of fused-ring (bicyclic) bond motifs is 1. The van der Waals surface area contributed by atoms with E-state index >= 15 is 0 Å². The zero-order valence-corrected chi connectivity index (χ0v) is 21.3. The topological polar surface area (TPSA) is 104 Å². The summed E-state index contributed by atoms with van der Waals surface area (Å²) in [6.07, 6.45) is 2.14. The molecule has 0 aromatic heterocycles. The van der Waals surface area contributed by atoms with Crippen LogP contribution < -0.4 is 15.4 Å². The van der Waals surface area contributed by atoms with Gasteiger partial charge in [-0.3, -0.25) is 19.9 Å². The molecule has 3 aliphatic rings. The van der Waals surface area contributed by atoms with Gasteiger partial charge in [-0.1, -0.05) is 17.7 Å². The molecular weight excluding hydrogens is 456 g/mol. The van der Waals surface area contributed by atoms with Crippen molar-refractivity contribution in [3.63, 3.8) is 0 Å². The lowest BCUT2D eigenvalue weighted by molar-refractivity contribution is -0.133. The zero-order chi connectivity index (χ0) is 24.8. The largest absolute Gasteiger partial charge is 0.487 e. The highest BCUT2D eigenvalue weighted by molar-refractivity contribution is 6.31. The third-order valence-electron chi connectivity index (χ3n) is 6.94. The van der Waals surface area contributed by atoms with Crippen LogP contribution in [0.1, 0.15) is 65.0 Å². The van der Waals surface area contributed by atoms with Gasteiger partial charge in [-0.25, -0.2) is 0 Å². The highest BCUT2D eigenvalue weighted by Crippen LogP contribution is 2.47. The van der Waals surface area contributed by atoms with Crippen LogP contribution in [0.15, 0.2) is 18.2 Å². The Kier molecular flexibility index (Phi) is 6.59. The number of guanidine groups is 1. The summed E-state index contributed by atoms with van der Waals surface area (Å²) in [6, 6.07) is 5.02. The lowest BCUT2D eigenvalue weighted by Crippen LogP contribution is -2.63. The maximum atomic E-state index is 13.3. The maximum absolute atomic E-state index is 13.3. The number of amides is 2. The van der Waals surface area contributed by atoms with Crippen LogP contribution in [0.5, 0.6) is 5.75 Å². The molecule has 1 aromatic carbocycles. The number of methoxy groups -OCH3 is 1. The molecule has 1 unspecified atom stereocenters. The number of ether oxygens (including phenoxy) is 2. The number of nitrogens with zero attached hydrogens (tertiary/aromatic N) is 1. The van der Waals surface area contributed by atoms with Gasteiger partial charge >= 0.3 is 0 Å². The van der Waals surface area contributed by atoms with Crippen LogP contribution in [0.4, 0.5) is 0 Å². The smallest absolute Gasteiger partial charge is 0.231 e. The Labute approximate surface area is 206 Å². The van der Waals surface area contributed by atoms with E-state index in [0.29, 0.717) is 43.1 Å².